The summed E-state index contributed by atoms with van der Waals surface area (Å²) in [4.78, 5) is 0. The molecule has 4 heteroatoms. The maximum atomic E-state index is 11.8. The number of hydrogen-bond acceptors (Lipinski definition) is 3. The number of ether oxygens (including phenoxy) is 1. The summed E-state index contributed by atoms with van der Waals surface area (Å²) in [6, 6.07) is 0. The smallest absolute Gasteiger partial charge is 0.155 e. The molecular weight excluding hydrogens is 139 g/mol. The first-order valence-electron chi connectivity index (χ1n) is 3.31. The van der Waals surface area contributed by atoms with Gasteiger partial charge in [-0.1, -0.05) is 0 Å². The zero-order valence-corrected chi connectivity index (χ0v) is 5.53. The van der Waals surface area contributed by atoms with Gasteiger partial charge in [0.2, 0.25) is 0 Å². The topological polar surface area (TPSA) is 49.7 Å². The number of aliphatic hydroxyl groups excluding tert-OH is 2. The summed E-state index contributed by atoms with van der Waals surface area (Å²) in [5.74, 6) is 0. The van der Waals surface area contributed by atoms with E-state index < -0.39 is 25.2 Å². The Balaban J connectivity index is 2.29. The van der Waals surface area contributed by atoms with Gasteiger partial charge < -0.3 is 14.9 Å². The summed E-state index contributed by atoms with van der Waals surface area (Å²) in [6.07, 6.45) is -1.38. The Hall–Kier alpha value is -0.190. The highest BCUT2D eigenvalue weighted by Gasteiger charge is 2.29. The van der Waals surface area contributed by atoms with Crippen LogP contribution in [-0.4, -0.2) is 35.4 Å². The van der Waals surface area contributed by atoms with Crippen LogP contribution in [0.3, 0.4) is 0 Å². The maximum absolute atomic E-state index is 11.8. The minimum Gasteiger partial charge on any atom is -0.388 e. The first-order valence-corrected chi connectivity index (χ1v) is 3.31. The molecule has 1 saturated heterocycles. The van der Waals surface area contributed by atoms with Crippen LogP contribution in [0.5, 0.6) is 0 Å². The van der Waals surface area contributed by atoms with Crippen molar-refractivity contribution in [1.29, 1.82) is 0 Å². The van der Waals surface area contributed by atoms with Crippen molar-refractivity contribution in [3.63, 3.8) is 0 Å². The van der Waals surface area contributed by atoms with Gasteiger partial charge >= 0.3 is 0 Å². The van der Waals surface area contributed by atoms with Gasteiger partial charge in [0.25, 0.3) is 0 Å². The van der Waals surface area contributed by atoms with E-state index in [2.05, 4.69) is 0 Å². The number of hydrogen-bond donors (Lipinski definition) is 2. The SMILES string of the molecule is OC1CCC(C(O)CF)O1. The summed E-state index contributed by atoms with van der Waals surface area (Å²) >= 11 is 0. The van der Waals surface area contributed by atoms with E-state index in [1.807, 2.05) is 0 Å². The fraction of sp³-hybridized carbons (Fsp3) is 1.00. The molecule has 0 saturated carbocycles. The van der Waals surface area contributed by atoms with E-state index >= 15 is 0 Å². The van der Waals surface area contributed by atoms with Crippen molar-refractivity contribution in [1.82, 2.24) is 0 Å². The Kier molecular flexibility index (Phi) is 2.59. The summed E-state index contributed by atoms with van der Waals surface area (Å²) in [7, 11) is 0. The number of halogens is 1. The van der Waals surface area contributed by atoms with Crippen LogP contribution in [0, 0.1) is 0 Å². The highest BCUT2D eigenvalue weighted by molar-refractivity contribution is 4.74. The molecule has 3 atom stereocenters. The Labute approximate surface area is 58.4 Å². The first kappa shape index (κ1) is 7.91. The molecule has 3 nitrogen and oxygen atoms in total. The molecule has 1 heterocycles. The summed E-state index contributed by atoms with van der Waals surface area (Å²) < 4.78 is 16.5. The zero-order valence-electron chi connectivity index (χ0n) is 5.53. The molecule has 0 radical (unpaired) electrons. The van der Waals surface area contributed by atoms with Crippen LogP contribution in [0.4, 0.5) is 4.39 Å². The lowest BCUT2D eigenvalue weighted by Gasteiger charge is -2.13. The van der Waals surface area contributed by atoms with Crippen molar-refractivity contribution in [2.75, 3.05) is 6.67 Å². The molecule has 0 amide bonds. The molecule has 0 aromatic heterocycles. The van der Waals surface area contributed by atoms with Crippen molar-refractivity contribution in [3.05, 3.63) is 0 Å². The molecule has 0 spiro atoms. The van der Waals surface area contributed by atoms with Gasteiger partial charge in [-0.15, -0.1) is 0 Å². The average Bonchev–Trinajstić information content (AvgIpc) is 2.34. The number of alkyl halides is 1. The average molecular weight is 150 g/mol. The van der Waals surface area contributed by atoms with Crippen molar-refractivity contribution in [2.24, 2.45) is 0 Å². The Bertz CT molecular complexity index is 109. The molecule has 1 fully saturated rings. The van der Waals surface area contributed by atoms with Gasteiger partial charge in [0.05, 0.1) is 6.10 Å². The number of rotatable bonds is 2. The third kappa shape index (κ3) is 1.65. The van der Waals surface area contributed by atoms with E-state index in [9.17, 15) is 4.39 Å². The third-order valence-electron chi connectivity index (χ3n) is 1.62. The lowest BCUT2D eigenvalue weighted by atomic mass is 10.1. The molecule has 1 aliphatic heterocycles. The lowest BCUT2D eigenvalue weighted by Crippen LogP contribution is -2.27. The predicted octanol–water partition coefficient (Wildman–Crippen LogP) is -0.186. The molecule has 0 bridgehead atoms. The van der Waals surface area contributed by atoms with Crippen molar-refractivity contribution in [3.8, 4) is 0 Å². The van der Waals surface area contributed by atoms with Crippen LogP contribution in [0.25, 0.3) is 0 Å². The van der Waals surface area contributed by atoms with Crippen LogP contribution in [-0.2, 0) is 4.74 Å². The predicted molar refractivity (Wildman–Crippen MR) is 32.1 cm³/mol. The number of aliphatic hydroxyl groups is 2. The second-order valence-corrected chi connectivity index (χ2v) is 2.43. The molecule has 60 valence electrons. The van der Waals surface area contributed by atoms with Crippen LogP contribution >= 0.6 is 0 Å². The van der Waals surface area contributed by atoms with E-state index in [0.717, 1.165) is 0 Å². The Morgan fingerprint density at radius 1 is 1.60 bits per heavy atom. The van der Waals surface area contributed by atoms with Crippen LogP contribution < -0.4 is 0 Å². The molecule has 2 N–H and O–H groups in total. The molecule has 0 aromatic carbocycles. The van der Waals surface area contributed by atoms with Gasteiger partial charge in [-0.05, 0) is 6.42 Å². The standard InChI is InChI=1S/C6H11FO3/c7-3-4(8)5-1-2-6(9)10-5/h4-6,8-9H,1-3H2. The Morgan fingerprint density at radius 2 is 2.30 bits per heavy atom. The van der Waals surface area contributed by atoms with Crippen molar-refractivity contribution < 1.29 is 19.3 Å². The van der Waals surface area contributed by atoms with Crippen molar-refractivity contribution >= 4 is 0 Å². The quantitative estimate of drug-likeness (QED) is 0.573. The van der Waals surface area contributed by atoms with E-state index in [-0.39, 0.29) is 0 Å². The van der Waals surface area contributed by atoms with Gasteiger partial charge in [0.15, 0.2) is 6.29 Å². The second-order valence-electron chi connectivity index (χ2n) is 2.43. The van der Waals surface area contributed by atoms with Gasteiger partial charge in [-0.2, -0.15) is 0 Å². The van der Waals surface area contributed by atoms with E-state index in [4.69, 9.17) is 14.9 Å². The van der Waals surface area contributed by atoms with Gasteiger partial charge in [0, 0.05) is 6.42 Å². The lowest BCUT2D eigenvalue weighted by molar-refractivity contribution is -0.123. The zero-order chi connectivity index (χ0) is 7.56. The second kappa shape index (κ2) is 3.27. The molecular formula is C6H11FO3. The molecule has 3 unspecified atom stereocenters. The fourth-order valence-corrected chi connectivity index (χ4v) is 1.03. The summed E-state index contributed by atoms with van der Waals surface area (Å²) in [6.45, 7) is -0.808. The molecule has 1 aliphatic rings. The van der Waals surface area contributed by atoms with Crippen molar-refractivity contribution in [2.45, 2.75) is 31.3 Å². The Morgan fingerprint density at radius 3 is 2.70 bits per heavy atom. The molecule has 10 heavy (non-hydrogen) atoms. The molecule has 1 rings (SSSR count). The third-order valence-corrected chi connectivity index (χ3v) is 1.62. The molecule has 0 aliphatic carbocycles. The van der Waals surface area contributed by atoms with Crippen LogP contribution in [0.15, 0.2) is 0 Å². The van der Waals surface area contributed by atoms with Gasteiger partial charge in [-0.3, -0.25) is 0 Å². The maximum Gasteiger partial charge on any atom is 0.155 e. The largest absolute Gasteiger partial charge is 0.388 e. The molecule has 0 aromatic rings. The van der Waals surface area contributed by atoms with Crippen LogP contribution in [0.2, 0.25) is 0 Å². The van der Waals surface area contributed by atoms with Gasteiger partial charge in [-0.25, -0.2) is 4.39 Å². The monoisotopic (exact) mass is 150 g/mol. The minimum atomic E-state index is -1.07. The van der Waals surface area contributed by atoms with Crippen LogP contribution in [0.1, 0.15) is 12.8 Å². The summed E-state index contributed by atoms with van der Waals surface area (Å²) in [5, 5.41) is 17.7. The fourth-order valence-electron chi connectivity index (χ4n) is 1.03. The normalized spacial score (nSPS) is 36.3. The van der Waals surface area contributed by atoms with Gasteiger partial charge in [0.1, 0.15) is 12.8 Å². The highest BCUT2D eigenvalue weighted by Crippen LogP contribution is 2.20. The first-order chi connectivity index (χ1) is 4.74. The van der Waals surface area contributed by atoms with E-state index in [1.165, 1.54) is 0 Å². The van der Waals surface area contributed by atoms with E-state index in [0.29, 0.717) is 12.8 Å². The summed E-state index contributed by atoms with van der Waals surface area (Å²) in [5.41, 5.74) is 0. The van der Waals surface area contributed by atoms with E-state index in [1.54, 1.807) is 0 Å². The minimum absolute atomic E-state index is 0.488. The highest BCUT2D eigenvalue weighted by atomic mass is 19.1.